The molecule has 1 N–H and O–H groups in total. The highest BCUT2D eigenvalue weighted by Crippen LogP contribution is 2.29. The third-order valence-corrected chi connectivity index (χ3v) is 4.37. The summed E-state index contributed by atoms with van der Waals surface area (Å²) in [6.45, 7) is 7.07. The Balaban J connectivity index is 2.07. The van der Waals surface area contributed by atoms with Crippen LogP contribution in [0.25, 0.3) is 0 Å². The Kier molecular flexibility index (Phi) is 5.68. The predicted molar refractivity (Wildman–Crippen MR) is 80.8 cm³/mol. The molecule has 1 atom stereocenters. The zero-order chi connectivity index (χ0) is 13.7. The van der Waals surface area contributed by atoms with Crippen molar-refractivity contribution >= 4 is 11.6 Å². The van der Waals surface area contributed by atoms with E-state index in [0.717, 1.165) is 36.3 Å². The van der Waals surface area contributed by atoms with Gasteiger partial charge in [0.15, 0.2) is 0 Å². The van der Waals surface area contributed by atoms with Gasteiger partial charge in [-0.25, -0.2) is 0 Å². The molecule has 1 aromatic rings. The monoisotopic (exact) mass is 281 g/mol. The van der Waals surface area contributed by atoms with Gasteiger partial charge in [-0.2, -0.15) is 0 Å². The Bertz CT molecular complexity index is 402. The fourth-order valence-electron chi connectivity index (χ4n) is 2.78. The van der Waals surface area contributed by atoms with Crippen LogP contribution < -0.4 is 5.32 Å². The fraction of sp³-hybridized carbons (Fsp3) is 0.625. The molecule has 2 rings (SSSR count). The van der Waals surface area contributed by atoms with E-state index in [1.807, 2.05) is 6.07 Å². The molecule has 2 nitrogen and oxygen atoms in total. The first-order chi connectivity index (χ1) is 9.20. The molecular formula is C16H24ClNO. The van der Waals surface area contributed by atoms with Gasteiger partial charge < -0.3 is 10.1 Å². The number of benzene rings is 1. The molecule has 0 spiro atoms. The van der Waals surface area contributed by atoms with Crippen molar-refractivity contribution in [3.63, 3.8) is 0 Å². The summed E-state index contributed by atoms with van der Waals surface area (Å²) in [5, 5.41) is 4.46. The van der Waals surface area contributed by atoms with Crippen LogP contribution in [0.1, 0.15) is 43.4 Å². The molecule has 0 aliphatic carbocycles. The van der Waals surface area contributed by atoms with Crippen LogP contribution >= 0.6 is 11.6 Å². The summed E-state index contributed by atoms with van der Waals surface area (Å²) >= 11 is 6.12. The molecule has 1 fully saturated rings. The average molecular weight is 282 g/mol. The minimum absolute atomic E-state index is 0.434. The van der Waals surface area contributed by atoms with E-state index in [-0.39, 0.29) is 0 Å². The number of halogens is 1. The molecule has 1 heterocycles. The molecule has 0 bridgehead atoms. The Labute approximate surface area is 121 Å². The van der Waals surface area contributed by atoms with Crippen LogP contribution in [0.4, 0.5) is 0 Å². The smallest absolute Gasteiger partial charge is 0.0468 e. The van der Waals surface area contributed by atoms with Crippen molar-refractivity contribution in [2.24, 2.45) is 5.92 Å². The van der Waals surface area contributed by atoms with Crippen LogP contribution in [-0.2, 0) is 4.74 Å². The molecule has 0 amide bonds. The second-order valence-electron chi connectivity index (χ2n) is 5.41. The van der Waals surface area contributed by atoms with E-state index in [1.54, 1.807) is 0 Å². The third kappa shape index (κ3) is 4.20. The van der Waals surface area contributed by atoms with Crippen LogP contribution in [0, 0.1) is 12.8 Å². The van der Waals surface area contributed by atoms with E-state index in [2.05, 4.69) is 31.3 Å². The van der Waals surface area contributed by atoms with Gasteiger partial charge in [0.05, 0.1) is 0 Å². The Morgan fingerprint density at radius 2 is 2.11 bits per heavy atom. The average Bonchev–Trinajstić information content (AvgIpc) is 2.43. The summed E-state index contributed by atoms with van der Waals surface area (Å²) in [5.41, 5.74) is 2.52. The molecule has 106 valence electrons. The van der Waals surface area contributed by atoms with E-state index in [0.29, 0.717) is 6.04 Å². The molecule has 1 unspecified atom stereocenters. The summed E-state index contributed by atoms with van der Waals surface area (Å²) in [7, 11) is 0. The van der Waals surface area contributed by atoms with Crippen LogP contribution in [0.15, 0.2) is 18.2 Å². The maximum absolute atomic E-state index is 6.12. The van der Waals surface area contributed by atoms with Crippen molar-refractivity contribution in [3.8, 4) is 0 Å². The van der Waals surface area contributed by atoms with Crippen molar-refractivity contribution in [2.45, 2.75) is 39.2 Å². The molecule has 3 heteroatoms. The lowest BCUT2D eigenvalue weighted by Gasteiger charge is -2.27. The van der Waals surface area contributed by atoms with Crippen molar-refractivity contribution in [3.05, 3.63) is 34.3 Å². The lowest BCUT2D eigenvalue weighted by Crippen LogP contribution is -2.26. The Morgan fingerprint density at radius 3 is 2.74 bits per heavy atom. The standard InChI is InChI=1S/C16H24ClNO/c1-3-18-16(11-13-6-8-19-9-7-13)14-4-5-15(17)12(2)10-14/h4-5,10,13,16,18H,3,6-9,11H2,1-2H3. The highest BCUT2D eigenvalue weighted by atomic mass is 35.5. The highest BCUT2D eigenvalue weighted by molar-refractivity contribution is 6.31. The Morgan fingerprint density at radius 1 is 1.37 bits per heavy atom. The van der Waals surface area contributed by atoms with Gasteiger partial charge in [-0.05, 0) is 55.8 Å². The maximum Gasteiger partial charge on any atom is 0.0468 e. The first-order valence-corrected chi connectivity index (χ1v) is 7.65. The van der Waals surface area contributed by atoms with Gasteiger partial charge in [-0.1, -0.05) is 30.7 Å². The quantitative estimate of drug-likeness (QED) is 0.877. The minimum atomic E-state index is 0.434. The summed E-state index contributed by atoms with van der Waals surface area (Å²) < 4.78 is 5.44. The fourth-order valence-corrected chi connectivity index (χ4v) is 2.90. The summed E-state index contributed by atoms with van der Waals surface area (Å²) in [6, 6.07) is 6.82. The number of ether oxygens (including phenoxy) is 1. The topological polar surface area (TPSA) is 21.3 Å². The number of hydrogen-bond acceptors (Lipinski definition) is 2. The zero-order valence-corrected chi connectivity index (χ0v) is 12.7. The number of hydrogen-bond donors (Lipinski definition) is 1. The lowest BCUT2D eigenvalue weighted by atomic mass is 9.89. The number of rotatable bonds is 5. The SMILES string of the molecule is CCNC(CC1CCOCC1)c1ccc(Cl)c(C)c1. The van der Waals surface area contributed by atoms with E-state index in [9.17, 15) is 0 Å². The van der Waals surface area contributed by atoms with Gasteiger partial charge >= 0.3 is 0 Å². The molecule has 1 aliphatic rings. The second kappa shape index (κ2) is 7.28. The highest BCUT2D eigenvalue weighted by Gasteiger charge is 2.20. The van der Waals surface area contributed by atoms with Gasteiger partial charge in [0.25, 0.3) is 0 Å². The van der Waals surface area contributed by atoms with Gasteiger partial charge in [0.2, 0.25) is 0 Å². The van der Waals surface area contributed by atoms with Crippen molar-refractivity contribution in [1.82, 2.24) is 5.32 Å². The normalized spacial score (nSPS) is 18.5. The lowest BCUT2D eigenvalue weighted by molar-refractivity contribution is 0.0606. The van der Waals surface area contributed by atoms with Gasteiger partial charge in [0, 0.05) is 24.3 Å². The molecular weight excluding hydrogens is 258 g/mol. The van der Waals surface area contributed by atoms with E-state index in [4.69, 9.17) is 16.3 Å². The predicted octanol–water partition coefficient (Wildman–Crippen LogP) is 4.12. The maximum atomic E-state index is 6.12. The summed E-state index contributed by atoms with van der Waals surface area (Å²) in [4.78, 5) is 0. The molecule has 1 aromatic carbocycles. The van der Waals surface area contributed by atoms with E-state index >= 15 is 0 Å². The zero-order valence-electron chi connectivity index (χ0n) is 11.9. The molecule has 1 aliphatic heterocycles. The summed E-state index contributed by atoms with van der Waals surface area (Å²) in [6.07, 6.45) is 3.57. The van der Waals surface area contributed by atoms with Crippen LogP contribution in [0.3, 0.4) is 0 Å². The third-order valence-electron chi connectivity index (χ3n) is 3.94. The molecule has 1 saturated heterocycles. The van der Waals surface area contributed by atoms with E-state index in [1.165, 1.54) is 24.8 Å². The van der Waals surface area contributed by atoms with Crippen molar-refractivity contribution < 1.29 is 4.74 Å². The first kappa shape index (κ1) is 14.8. The largest absolute Gasteiger partial charge is 0.381 e. The van der Waals surface area contributed by atoms with Crippen LogP contribution in [0.2, 0.25) is 5.02 Å². The molecule has 0 radical (unpaired) electrons. The van der Waals surface area contributed by atoms with Gasteiger partial charge in [-0.3, -0.25) is 0 Å². The van der Waals surface area contributed by atoms with Crippen LogP contribution in [0.5, 0.6) is 0 Å². The van der Waals surface area contributed by atoms with Gasteiger partial charge in [-0.15, -0.1) is 0 Å². The Hall–Kier alpha value is -0.570. The van der Waals surface area contributed by atoms with Crippen LogP contribution in [-0.4, -0.2) is 19.8 Å². The van der Waals surface area contributed by atoms with Crippen molar-refractivity contribution in [1.29, 1.82) is 0 Å². The molecule has 19 heavy (non-hydrogen) atoms. The number of nitrogens with one attached hydrogen (secondary N) is 1. The summed E-state index contributed by atoms with van der Waals surface area (Å²) in [5.74, 6) is 0.772. The van der Waals surface area contributed by atoms with Crippen molar-refractivity contribution in [2.75, 3.05) is 19.8 Å². The first-order valence-electron chi connectivity index (χ1n) is 7.28. The van der Waals surface area contributed by atoms with Gasteiger partial charge in [0.1, 0.15) is 0 Å². The second-order valence-corrected chi connectivity index (χ2v) is 5.82. The molecule has 0 aromatic heterocycles. The molecule has 0 saturated carbocycles. The number of aryl methyl sites for hydroxylation is 1. The van der Waals surface area contributed by atoms with E-state index < -0.39 is 0 Å². The minimum Gasteiger partial charge on any atom is -0.381 e.